The average molecular weight is 366 g/mol. The van der Waals surface area contributed by atoms with Crippen molar-refractivity contribution in [3.63, 3.8) is 0 Å². The SMILES string of the molecule is CC1=C(C(C)C)C[C@@]2(O)[C@@]3(C)CC(=O)O[C@@]4([C@H](O)[C@@H](C)CC[C@]34O)[C@@]12O. The largest absolute Gasteiger partial charge is 0.450 e. The molecule has 1 aliphatic heterocycles. The van der Waals surface area contributed by atoms with Gasteiger partial charge < -0.3 is 25.2 Å². The Labute approximate surface area is 153 Å². The van der Waals surface area contributed by atoms with Crippen LogP contribution in [0.3, 0.4) is 0 Å². The van der Waals surface area contributed by atoms with E-state index in [0.717, 1.165) is 5.57 Å². The lowest BCUT2D eigenvalue weighted by atomic mass is 9.55. The summed E-state index contributed by atoms with van der Waals surface area (Å²) in [6.07, 6.45) is -0.525. The van der Waals surface area contributed by atoms with Crippen molar-refractivity contribution in [3.8, 4) is 0 Å². The molecule has 6 nitrogen and oxygen atoms in total. The van der Waals surface area contributed by atoms with E-state index in [1.165, 1.54) is 0 Å². The summed E-state index contributed by atoms with van der Waals surface area (Å²) in [5.41, 5.74) is -7.38. The molecular formula is C20H30O6. The van der Waals surface area contributed by atoms with Gasteiger partial charge in [-0.05, 0) is 37.2 Å². The second-order valence-corrected chi connectivity index (χ2v) is 9.59. The predicted molar refractivity (Wildman–Crippen MR) is 93.0 cm³/mol. The number of hydrogen-bond acceptors (Lipinski definition) is 6. The van der Waals surface area contributed by atoms with Crippen LogP contribution >= 0.6 is 0 Å². The van der Waals surface area contributed by atoms with Crippen LogP contribution in [0, 0.1) is 17.3 Å². The standard InChI is InChI=1S/C20H30O6/c1-10(2)13-8-18(24)16(5)9-14(21)26-20(19(18,25)12(13)4)15(22)11(3)6-7-17(16,20)23/h10-11,15,22-25H,6-9H2,1-5H3/t11-,15+,16-,17-,18+,19+,20+/m0/s1. The molecule has 1 heterocycles. The second kappa shape index (κ2) is 4.72. The van der Waals surface area contributed by atoms with Crippen molar-refractivity contribution >= 4 is 5.97 Å². The highest BCUT2D eigenvalue weighted by Gasteiger charge is 2.94. The number of ether oxygens (including phenoxy) is 1. The minimum Gasteiger partial charge on any atom is -0.450 e. The molecule has 26 heavy (non-hydrogen) atoms. The van der Waals surface area contributed by atoms with E-state index < -0.39 is 39.9 Å². The first kappa shape index (κ1) is 18.4. The van der Waals surface area contributed by atoms with Crippen molar-refractivity contribution in [2.45, 2.75) is 88.8 Å². The molecule has 0 aromatic carbocycles. The third-order valence-corrected chi connectivity index (χ3v) is 8.43. The topological polar surface area (TPSA) is 107 Å². The van der Waals surface area contributed by atoms with Gasteiger partial charge in [0.05, 0.1) is 6.42 Å². The van der Waals surface area contributed by atoms with Crippen molar-refractivity contribution in [1.29, 1.82) is 0 Å². The van der Waals surface area contributed by atoms with Crippen molar-refractivity contribution in [2.24, 2.45) is 17.3 Å². The van der Waals surface area contributed by atoms with Crippen LogP contribution in [-0.2, 0) is 9.53 Å². The maximum atomic E-state index is 12.5. The minimum absolute atomic E-state index is 0.0799. The van der Waals surface area contributed by atoms with Crippen molar-refractivity contribution < 1.29 is 30.0 Å². The molecule has 7 atom stereocenters. The summed E-state index contributed by atoms with van der Waals surface area (Å²) in [5.74, 6) is -0.801. The number of carbonyl (C=O) groups is 1. The number of aliphatic hydroxyl groups excluding tert-OH is 1. The molecule has 1 saturated heterocycles. The molecule has 4 rings (SSSR count). The van der Waals surface area contributed by atoms with Gasteiger partial charge in [-0.1, -0.05) is 33.3 Å². The Bertz CT molecular complexity index is 730. The van der Waals surface area contributed by atoms with Crippen LogP contribution in [-0.4, -0.2) is 54.9 Å². The van der Waals surface area contributed by atoms with Crippen LogP contribution in [0.25, 0.3) is 0 Å². The molecule has 2 bridgehead atoms. The first-order valence-electron chi connectivity index (χ1n) is 9.61. The van der Waals surface area contributed by atoms with Gasteiger partial charge in [0.1, 0.15) is 17.3 Å². The first-order valence-corrected chi connectivity index (χ1v) is 9.61. The molecule has 146 valence electrons. The summed E-state index contributed by atoms with van der Waals surface area (Å²) in [6, 6.07) is 0. The number of aliphatic hydroxyl groups is 4. The Balaban J connectivity index is 2.11. The van der Waals surface area contributed by atoms with Crippen LogP contribution in [0.5, 0.6) is 0 Å². The zero-order valence-electron chi connectivity index (χ0n) is 16.2. The van der Waals surface area contributed by atoms with E-state index >= 15 is 0 Å². The summed E-state index contributed by atoms with van der Waals surface area (Å²) in [7, 11) is 0. The molecule has 4 aliphatic rings. The quantitative estimate of drug-likeness (QED) is 0.408. The van der Waals surface area contributed by atoms with Crippen LogP contribution < -0.4 is 0 Å². The summed E-state index contributed by atoms with van der Waals surface area (Å²) in [4.78, 5) is 12.5. The van der Waals surface area contributed by atoms with Gasteiger partial charge in [-0.2, -0.15) is 0 Å². The molecular weight excluding hydrogens is 336 g/mol. The maximum absolute atomic E-state index is 12.5. The summed E-state index contributed by atoms with van der Waals surface area (Å²) >= 11 is 0. The van der Waals surface area contributed by atoms with Gasteiger partial charge in [-0.3, -0.25) is 4.79 Å². The molecule has 3 fully saturated rings. The molecule has 3 aliphatic carbocycles. The van der Waals surface area contributed by atoms with E-state index in [9.17, 15) is 25.2 Å². The van der Waals surface area contributed by atoms with E-state index in [-0.39, 0.29) is 31.1 Å². The Morgan fingerprint density at radius 2 is 1.77 bits per heavy atom. The molecule has 6 heteroatoms. The zero-order valence-corrected chi connectivity index (χ0v) is 16.2. The maximum Gasteiger partial charge on any atom is 0.307 e. The van der Waals surface area contributed by atoms with Gasteiger partial charge in [0.25, 0.3) is 0 Å². The lowest BCUT2D eigenvalue weighted by molar-refractivity contribution is -0.307. The first-order chi connectivity index (χ1) is 11.8. The van der Waals surface area contributed by atoms with Gasteiger partial charge in [0.2, 0.25) is 5.60 Å². The summed E-state index contributed by atoms with van der Waals surface area (Å²) < 4.78 is 5.72. The lowest BCUT2D eigenvalue weighted by Crippen LogP contribution is -2.77. The summed E-state index contributed by atoms with van der Waals surface area (Å²) in [5, 5.41) is 47.0. The van der Waals surface area contributed by atoms with E-state index in [0.29, 0.717) is 12.0 Å². The van der Waals surface area contributed by atoms with E-state index in [1.54, 1.807) is 13.8 Å². The number of esters is 1. The third kappa shape index (κ3) is 1.41. The fourth-order valence-corrected chi connectivity index (χ4v) is 6.88. The third-order valence-electron chi connectivity index (χ3n) is 8.43. The molecule has 0 unspecified atom stereocenters. The Kier molecular flexibility index (Phi) is 3.34. The Morgan fingerprint density at radius 3 is 2.35 bits per heavy atom. The van der Waals surface area contributed by atoms with Crippen molar-refractivity contribution in [2.75, 3.05) is 0 Å². The van der Waals surface area contributed by atoms with Crippen LogP contribution in [0.1, 0.15) is 60.3 Å². The molecule has 0 spiro atoms. The fraction of sp³-hybridized carbons (Fsp3) is 0.850. The molecule has 4 N–H and O–H groups in total. The minimum atomic E-state index is -2.02. The molecule has 0 aromatic heterocycles. The van der Waals surface area contributed by atoms with E-state index in [1.807, 2.05) is 20.8 Å². The van der Waals surface area contributed by atoms with Crippen LogP contribution in [0.4, 0.5) is 0 Å². The molecule has 0 radical (unpaired) electrons. The average Bonchev–Trinajstić information content (AvgIpc) is 2.79. The van der Waals surface area contributed by atoms with E-state index in [2.05, 4.69) is 0 Å². The highest BCUT2D eigenvalue weighted by atomic mass is 16.6. The van der Waals surface area contributed by atoms with Gasteiger partial charge in [0.15, 0.2) is 5.60 Å². The zero-order chi connectivity index (χ0) is 19.5. The number of fused-ring (bicyclic) bond motifs is 2. The molecule has 0 aromatic rings. The van der Waals surface area contributed by atoms with Crippen LogP contribution in [0.2, 0.25) is 0 Å². The molecule has 0 amide bonds. The van der Waals surface area contributed by atoms with Gasteiger partial charge in [-0.25, -0.2) is 0 Å². The Hall–Kier alpha value is -0.950. The van der Waals surface area contributed by atoms with Crippen molar-refractivity contribution in [3.05, 3.63) is 11.1 Å². The lowest BCUT2D eigenvalue weighted by Gasteiger charge is -2.59. The number of carbonyl (C=O) groups excluding carboxylic acids is 1. The summed E-state index contributed by atoms with van der Waals surface area (Å²) in [6.45, 7) is 9.18. The monoisotopic (exact) mass is 366 g/mol. The predicted octanol–water partition coefficient (Wildman–Crippen LogP) is 1.05. The fourth-order valence-electron chi connectivity index (χ4n) is 6.88. The van der Waals surface area contributed by atoms with Gasteiger partial charge in [0, 0.05) is 11.8 Å². The van der Waals surface area contributed by atoms with Gasteiger partial charge in [-0.15, -0.1) is 0 Å². The van der Waals surface area contributed by atoms with Crippen LogP contribution in [0.15, 0.2) is 11.1 Å². The number of rotatable bonds is 1. The van der Waals surface area contributed by atoms with Crippen molar-refractivity contribution in [1.82, 2.24) is 0 Å². The van der Waals surface area contributed by atoms with Gasteiger partial charge >= 0.3 is 5.97 Å². The van der Waals surface area contributed by atoms with E-state index in [4.69, 9.17) is 4.74 Å². The smallest absolute Gasteiger partial charge is 0.307 e. The number of hydrogen-bond donors (Lipinski definition) is 4. The highest BCUT2D eigenvalue weighted by molar-refractivity contribution is 5.77. The molecule has 2 saturated carbocycles. The second-order valence-electron chi connectivity index (χ2n) is 9.59. The Morgan fingerprint density at radius 1 is 1.15 bits per heavy atom. The highest BCUT2D eigenvalue weighted by Crippen LogP contribution is 2.77. The normalized spacial score (nSPS) is 55.8.